The highest BCUT2D eigenvalue weighted by molar-refractivity contribution is 5.12. The Labute approximate surface area is 92.9 Å². The molecular weight excluding hydrogens is 184 g/mol. The molecule has 0 aromatic heterocycles. The molecule has 1 unspecified atom stereocenters. The normalized spacial score (nSPS) is 38.9. The predicted molar refractivity (Wildman–Crippen MR) is 61.7 cm³/mol. The Balaban J connectivity index is 1.40. The summed E-state index contributed by atoms with van der Waals surface area (Å²) in [5.74, 6) is 1.97. The summed E-state index contributed by atoms with van der Waals surface area (Å²) in [4.78, 5) is 0. The SMILES string of the molecule is C(=C1CCCCC1)[C@@H]1C[C@@H]1CCC1CO1. The van der Waals surface area contributed by atoms with E-state index < -0.39 is 0 Å². The van der Waals surface area contributed by atoms with Crippen LogP contribution in [0, 0.1) is 11.8 Å². The average molecular weight is 206 g/mol. The summed E-state index contributed by atoms with van der Waals surface area (Å²) in [5, 5.41) is 0. The predicted octanol–water partition coefficient (Wildman–Crippen LogP) is 3.69. The molecule has 0 radical (unpaired) electrons. The minimum absolute atomic E-state index is 0.647. The van der Waals surface area contributed by atoms with Gasteiger partial charge in [0.2, 0.25) is 0 Å². The fourth-order valence-corrected chi connectivity index (χ4v) is 2.92. The molecule has 84 valence electrons. The molecule has 0 aromatic carbocycles. The standard InChI is InChI=1S/C14H22O/c1-2-4-11(5-3-1)8-13-9-12(13)6-7-14-10-15-14/h8,12-14H,1-7,9-10H2/t12-,13+,14?/m0/s1. The van der Waals surface area contributed by atoms with Crippen LogP contribution in [0.1, 0.15) is 51.4 Å². The van der Waals surface area contributed by atoms with E-state index in [0.29, 0.717) is 6.10 Å². The van der Waals surface area contributed by atoms with Gasteiger partial charge in [-0.1, -0.05) is 18.1 Å². The smallest absolute Gasteiger partial charge is 0.0810 e. The third-order valence-electron chi connectivity index (χ3n) is 4.18. The molecule has 2 saturated carbocycles. The van der Waals surface area contributed by atoms with Crippen molar-refractivity contribution in [3.63, 3.8) is 0 Å². The number of rotatable bonds is 4. The zero-order chi connectivity index (χ0) is 10.1. The Kier molecular flexibility index (Phi) is 2.83. The Morgan fingerprint density at radius 2 is 1.93 bits per heavy atom. The van der Waals surface area contributed by atoms with Gasteiger partial charge in [0.05, 0.1) is 12.7 Å². The molecule has 1 saturated heterocycles. The lowest BCUT2D eigenvalue weighted by molar-refractivity contribution is 0.386. The lowest BCUT2D eigenvalue weighted by atomic mass is 9.93. The molecule has 1 aliphatic heterocycles. The van der Waals surface area contributed by atoms with Crippen molar-refractivity contribution in [2.24, 2.45) is 11.8 Å². The van der Waals surface area contributed by atoms with Crippen molar-refractivity contribution in [3.05, 3.63) is 11.6 Å². The number of hydrogen-bond acceptors (Lipinski definition) is 1. The molecule has 0 spiro atoms. The summed E-state index contributed by atoms with van der Waals surface area (Å²) in [7, 11) is 0. The highest BCUT2D eigenvalue weighted by atomic mass is 16.6. The van der Waals surface area contributed by atoms with E-state index in [-0.39, 0.29) is 0 Å². The lowest BCUT2D eigenvalue weighted by Crippen LogP contribution is -1.94. The van der Waals surface area contributed by atoms with E-state index in [1.165, 1.54) is 51.4 Å². The zero-order valence-electron chi connectivity index (χ0n) is 9.58. The van der Waals surface area contributed by atoms with Gasteiger partial charge in [0.25, 0.3) is 0 Å². The van der Waals surface area contributed by atoms with Crippen molar-refractivity contribution in [1.82, 2.24) is 0 Å². The monoisotopic (exact) mass is 206 g/mol. The molecule has 0 amide bonds. The van der Waals surface area contributed by atoms with E-state index in [2.05, 4.69) is 6.08 Å². The molecule has 1 heterocycles. The van der Waals surface area contributed by atoms with Crippen molar-refractivity contribution in [3.8, 4) is 0 Å². The molecule has 2 aliphatic carbocycles. The van der Waals surface area contributed by atoms with Gasteiger partial charge in [0.1, 0.15) is 0 Å². The molecule has 1 nitrogen and oxygen atoms in total. The molecule has 0 aromatic rings. The van der Waals surface area contributed by atoms with Crippen LogP contribution in [-0.2, 0) is 4.74 Å². The van der Waals surface area contributed by atoms with E-state index in [0.717, 1.165) is 18.4 Å². The summed E-state index contributed by atoms with van der Waals surface area (Å²) < 4.78 is 5.26. The van der Waals surface area contributed by atoms with E-state index in [1.54, 1.807) is 5.57 Å². The van der Waals surface area contributed by atoms with Gasteiger partial charge in [-0.25, -0.2) is 0 Å². The van der Waals surface area contributed by atoms with E-state index in [4.69, 9.17) is 4.74 Å². The van der Waals surface area contributed by atoms with Crippen molar-refractivity contribution in [2.75, 3.05) is 6.61 Å². The summed E-state index contributed by atoms with van der Waals surface area (Å²) in [5.41, 5.74) is 1.77. The second-order valence-electron chi connectivity index (χ2n) is 5.58. The van der Waals surface area contributed by atoms with Crippen LogP contribution in [0.5, 0.6) is 0 Å². The first-order valence-corrected chi connectivity index (χ1v) is 6.73. The minimum atomic E-state index is 0.647. The molecule has 3 fully saturated rings. The van der Waals surface area contributed by atoms with Crippen LogP contribution < -0.4 is 0 Å². The Morgan fingerprint density at radius 3 is 2.67 bits per heavy atom. The highest BCUT2D eigenvalue weighted by Crippen LogP contribution is 2.45. The second-order valence-corrected chi connectivity index (χ2v) is 5.58. The van der Waals surface area contributed by atoms with Crippen LogP contribution in [0.3, 0.4) is 0 Å². The van der Waals surface area contributed by atoms with Gasteiger partial charge in [-0.2, -0.15) is 0 Å². The van der Waals surface area contributed by atoms with Crippen LogP contribution in [0.4, 0.5) is 0 Å². The Bertz CT molecular complexity index is 244. The lowest BCUT2D eigenvalue weighted by Gasteiger charge is -2.13. The number of allylic oxidation sites excluding steroid dienone is 2. The maximum atomic E-state index is 5.26. The number of epoxide rings is 1. The Morgan fingerprint density at radius 1 is 1.13 bits per heavy atom. The topological polar surface area (TPSA) is 12.5 Å². The van der Waals surface area contributed by atoms with Crippen LogP contribution in [0.15, 0.2) is 11.6 Å². The number of hydrogen-bond donors (Lipinski definition) is 0. The Hall–Kier alpha value is -0.300. The first-order valence-electron chi connectivity index (χ1n) is 6.73. The first kappa shape index (κ1) is 9.89. The maximum Gasteiger partial charge on any atom is 0.0810 e. The van der Waals surface area contributed by atoms with Crippen LogP contribution in [0.25, 0.3) is 0 Å². The second kappa shape index (κ2) is 4.29. The maximum absolute atomic E-state index is 5.26. The van der Waals surface area contributed by atoms with Crippen molar-refractivity contribution in [2.45, 2.75) is 57.5 Å². The third-order valence-corrected chi connectivity index (χ3v) is 4.18. The minimum Gasteiger partial charge on any atom is -0.373 e. The van der Waals surface area contributed by atoms with Crippen molar-refractivity contribution in [1.29, 1.82) is 0 Å². The molecule has 3 atom stereocenters. The highest BCUT2D eigenvalue weighted by Gasteiger charge is 2.36. The van der Waals surface area contributed by atoms with E-state index in [1.807, 2.05) is 0 Å². The van der Waals surface area contributed by atoms with Crippen molar-refractivity contribution < 1.29 is 4.74 Å². The van der Waals surface area contributed by atoms with Gasteiger partial charge in [0, 0.05) is 0 Å². The summed E-state index contributed by atoms with van der Waals surface area (Å²) in [6, 6.07) is 0. The first-order chi connectivity index (χ1) is 7.42. The largest absolute Gasteiger partial charge is 0.373 e. The fraction of sp³-hybridized carbons (Fsp3) is 0.857. The number of ether oxygens (including phenoxy) is 1. The molecule has 0 N–H and O–H groups in total. The fourth-order valence-electron chi connectivity index (χ4n) is 2.92. The summed E-state index contributed by atoms with van der Waals surface area (Å²) in [6.45, 7) is 1.04. The summed E-state index contributed by atoms with van der Waals surface area (Å²) in [6.07, 6.45) is 14.6. The average Bonchev–Trinajstić information content (AvgIpc) is 3.12. The van der Waals surface area contributed by atoms with Gasteiger partial charge < -0.3 is 4.74 Å². The zero-order valence-corrected chi connectivity index (χ0v) is 9.58. The molecule has 15 heavy (non-hydrogen) atoms. The van der Waals surface area contributed by atoms with Gasteiger partial charge in [0.15, 0.2) is 0 Å². The molecule has 3 aliphatic rings. The van der Waals surface area contributed by atoms with Crippen LogP contribution >= 0.6 is 0 Å². The van der Waals surface area contributed by atoms with Gasteiger partial charge in [-0.05, 0) is 56.8 Å². The van der Waals surface area contributed by atoms with Gasteiger partial charge in [-0.3, -0.25) is 0 Å². The molecule has 1 heteroatoms. The summed E-state index contributed by atoms with van der Waals surface area (Å²) >= 11 is 0. The van der Waals surface area contributed by atoms with Crippen LogP contribution in [0.2, 0.25) is 0 Å². The quantitative estimate of drug-likeness (QED) is 0.505. The van der Waals surface area contributed by atoms with Crippen molar-refractivity contribution >= 4 is 0 Å². The van der Waals surface area contributed by atoms with Gasteiger partial charge in [-0.15, -0.1) is 0 Å². The van der Waals surface area contributed by atoms with Crippen LogP contribution in [-0.4, -0.2) is 12.7 Å². The molecule has 3 rings (SSSR count). The van der Waals surface area contributed by atoms with E-state index >= 15 is 0 Å². The van der Waals surface area contributed by atoms with E-state index in [9.17, 15) is 0 Å². The van der Waals surface area contributed by atoms with Gasteiger partial charge >= 0.3 is 0 Å². The molecule has 0 bridgehead atoms. The third kappa shape index (κ3) is 2.84. The molecular formula is C14H22O.